The zero-order chi connectivity index (χ0) is 14.8. The van der Waals surface area contributed by atoms with Crippen molar-refractivity contribution in [2.75, 3.05) is 18.6 Å². The molecule has 0 saturated carbocycles. The molecule has 1 aliphatic rings. The van der Waals surface area contributed by atoms with Gasteiger partial charge in [0.05, 0.1) is 19.3 Å². The number of hydrogen-bond acceptors (Lipinski definition) is 6. The zero-order valence-electron chi connectivity index (χ0n) is 12.0. The van der Waals surface area contributed by atoms with Gasteiger partial charge in [-0.3, -0.25) is 4.79 Å². The van der Waals surface area contributed by atoms with Crippen molar-refractivity contribution in [1.82, 2.24) is 19.9 Å². The first-order chi connectivity index (χ1) is 10.2. The summed E-state index contributed by atoms with van der Waals surface area (Å²) in [4.78, 5) is 29.8. The molecule has 1 unspecified atom stereocenters. The van der Waals surface area contributed by atoms with E-state index in [0.29, 0.717) is 11.8 Å². The molecule has 0 spiro atoms. The lowest BCUT2D eigenvalue weighted by atomic mass is 10.2. The molecule has 7 heteroatoms. The Morgan fingerprint density at radius 1 is 1.43 bits per heavy atom. The smallest absolute Gasteiger partial charge is 0.293 e. The summed E-state index contributed by atoms with van der Waals surface area (Å²) < 4.78 is 4.95. The average Bonchev–Trinajstić information content (AvgIpc) is 2.96. The van der Waals surface area contributed by atoms with Crippen LogP contribution in [0.15, 0.2) is 23.3 Å². The summed E-state index contributed by atoms with van der Waals surface area (Å²) in [5.41, 5.74) is 0.654. The molecule has 1 N–H and O–H groups in total. The number of aromatic amines is 1. The van der Waals surface area contributed by atoms with Crippen molar-refractivity contribution in [3.63, 3.8) is 0 Å². The first kappa shape index (κ1) is 13.5. The van der Waals surface area contributed by atoms with Gasteiger partial charge in [0.25, 0.3) is 5.56 Å². The number of methoxy groups -OCH3 is 1. The quantitative estimate of drug-likeness (QED) is 0.913. The highest BCUT2D eigenvalue weighted by molar-refractivity contribution is 5.35. The van der Waals surface area contributed by atoms with Crippen molar-refractivity contribution in [3.8, 4) is 5.75 Å². The molecule has 0 amide bonds. The third-order valence-corrected chi connectivity index (χ3v) is 3.61. The number of aryl methyl sites for hydroxylation is 1. The fourth-order valence-corrected chi connectivity index (χ4v) is 2.58. The molecule has 21 heavy (non-hydrogen) atoms. The van der Waals surface area contributed by atoms with Gasteiger partial charge in [0.15, 0.2) is 0 Å². The van der Waals surface area contributed by atoms with E-state index in [9.17, 15) is 4.79 Å². The molecule has 2 aromatic heterocycles. The second-order valence-electron chi connectivity index (χ2n) is 5.02. The fraction of sp³-hybridized carbons (Fsp3) is 0.429. The normalized spacial score (nSPS) is 18.0. The SMILES string of the molecule is COc1cnc(C2CCCN2c2nccc(C)n2)[nH]c1=O. The van der Waals surface area contributed by atoms with Gasteiger partial charge < -0.3 is 14.6 Å². The third-order valence-electron chi connectivity index (χ3n) is 3.61. The Bertz CT molecular complexity index is 700. The molecular formula is C14H17N5O2. The summed E-state index contributed by atoms with van der Waals surface area (Å²) in [6.45, 7) is 2.79. The van der Waals surface area contributed by atoms with Crippen molar-refractivity contribution in [2.24, 2.45) is 0 Å². The van der Waals surface area contributed by atoms with E-state index in [1.165, 1.54) is 13.3 Å². The lowest BCUT2D eigenvalue weighted by Gasteiger charge is -2.23. The van der Waals surface area contributed by atoms with Gasteiger partial charge in [-0.2, -0.15) is 0 Å². The first-order valence-corrected chi connectivity index (χ1v) is 6.88. The number of ether oxygens (including phenoxy) is 1. The summed E-state index contributed by atoms with van der Waals surface area (Å²) in [5, 5.41) is 0. The van der Waals surface area contributed by atoms with Gasteiger partial charge in [0, 0.05) is 18.4 Å². The van der Waals surface area contributed by atoms with Crippen molar-refractivity contribution in [2.45, 2.75) is 25.8 Å². The molecule has 0 aromatic carbocycles. The summed E-state index contributed by atoms with van der Waals surface area (Å²) in [7, 11) is 1.45. The highest BCUT2D eigenvalue weighted by Crippen LogP contribution is 2.32. The maximum absolute atomic E-state index is 11.9. The monoisotopic (exact) mass is 287 g/mol. The largest absolute Gasteiger partial charge is 0.490 e. The highest BCUT2D eigenvalue weighted by atomic mass is 16.5. The third kappa shape index (κ3) is 2.58. The van der Waals surface area contributed by atoms with Gasteiger partial charge in [-0.05, 0) is 25.8 Å². The Hall–Kier alpha value is -2.44. The van der Waals surface area contributed by atoms with Crippen LogP contribution in [0, 0.1) is 6.92 Å². The molecule has 3 heterocycles. The van der Waals surface area contributed by atoms with E-state index < -0.39 is 0 Å². The van der Waals surface area contributed by atoms with Crippen molar-refractivity contribution in [3.05, 3.63) is 40.3 Å². The van der Waals surface area contributed by atoms with Crippen molar-refractivity contribution >= 4 is 5.95 Å². The van der Waals surface area contributed by atoms with Gasteiger partial charge in [0.2, 0.25) is 11.7 Å². The summed E-state index contributed by atoms with van der Waals surface area (Å²) in [6, 6.07) is 1.85. The summed E-state index contributed by atoms with van der Waals surface area (Å²) in [5.74, 6) is 1.52. The maximum atomic E-state index is 11.9. The molecule has 3 rings (SSSR count). The van der Waals surface area contributed by atoms with Crippen LogP contribution in [-0.4, -0.2) is 33.6 Å². The van der Waals surface area contributed by atoms with Crippen LogP contribution in [0.1, 0.15) is 30.4 Å². The minimum Gasteiger partial charge on any atom is -0.490 e. The van der Waals surface area contributed by atoms with Crippen molar-refractivity contribution in [1.29, 1.82) is 0 Å². The van der Waals surface area contributed by atoms with Gasteiger partial charge in [-0.15, -0.1) is 0 Å². The average molecular weight is 287 g/mol. The number of nitrogens with zero attached hydrogens (tertiary/aromatic N) is 4. The van der Waals surface area contributed by atoms with Gasteiger partial charge in [-0.1, -0.05) is 0 Å². The topological polar surface area (TPSA) is 84.0 Å². The number of hydrogen-bond donors (Lipinski definition) is 1. The Morgan fingerprint density at radius 3 is 3.00 bits per heavy atom. The summed E-state index contributed by atoms with van der Waals surface area (Å²) in [6.07, 6.45) is 5.13. The summed E-state index contributed by atoms with van der Waals surface area (Å²) >= 11 is 0. The molecule has 1 aliphatic heterocycles. The first-order valence-electron chi connectivity index (χ1n) is 6.88. The van der Waals surface area contributed by atoms with Crippen LogP contribution in [0.3, 0.4) is 0 Å². The van der Waals surface area contributed by atoms with Crippen LogP contribution in [0.25, 0.3) is 0 Å². The van der Waals surface area contributed by atoms with E-state index in [2.05, 4.69) is 24.8 Å². The van der Waals surface area contributed by atoms with Gasteiger partial charge in [0.1, 0.15) is 5.82 Å². The van der Waals surface area contributed by atoms with Crippen LogP contribution in [0.2, 0.25) is 0 Å². The molecule has 2 aromatic rings. The second-order valence-corrected chi connectivity index (χ2v) is 5.02. The Morgan fingerprint density at radius 2 is 2.29 bits per heavy atom. The van der Waals surface area contributed by atoms with E-state index in [1.807, 2.05) is 13.0 Å². The number of nitrogens with one attached hydrogen (secondary N) is 1. The van der Waals surface area contributed by atoms with Gasteiger partial charge in [-0.25, -0.2) is 15.0 Å². The predicted octanol–water partition coefficient (Wildman–Crippen LogP) is 1.22. The standard InChI is InChI=1S/C14H17N5O2/c1-9-5-6-15-14(17-9)19-7-3-4-10(19)12-16-8-11(21-2)13(20)18-12/h5-6,8,10H,3-4,7H2,1-2H3,(H,16,18,20). The van der Waals surface area contributed by atoms with Gasteiger partial charge >= 0.3 is 0 Å². The second kappa shape index (κ2) is 5.51. The van der Waals surface area contributed by atoms with E-state index in [-0.39, 0.29) is 17.4 Å². The highest BCUT2D eigenvalue weighted by Gasteiger charge is 2.30. The van der Waals surface area contributed by atoms with E-state index in [4.69, 9.17) is 4.74 Å². The molecule has 1 saturated heterocycles. The van der Waals surface area contributed by atoms with Crippen LogP contribution in [0.5, 0.6) is 5.75 Å². The van der Waals surface area contributed by atoms with E-state index >= 15 is 0 Å². The predicted molar refractivity (Wildman–Crippen MR) is 77.5 cm³/mol. The minimum atomic E-state index is -0.264. The number of H-pyrrole nitrogens is 1. The Kier molecular flexibility index (Phi) is 3.55. The molecule has 0 radical (unpaired) electrons. The fourth-order valence-electron chi connectivity index (χ4n) is 2.58. The molecule has 7 nitrogen and oxygen atoms in total. The Balaban J connectivity index is 1.94. The molecule has 110 valence electrons. The lowest BCUT2D eigenvalue weighted by molar-refractivity contribution is 0.404. The maximum Gasteiger partial charge on any atom is 0.293 e. The number of rotatable bonds is 3. The molecule has 1 atom stereocenters. The van der Waals surface area contributed by atoms with Crippen LogP contribution < -0.4 is 15.2 Å². The van der Waals surface area contributed by atoms with E-state index in [1.54, 1.807) is 6.20 Å². The number of aromatic nitrogens is 4. The molecule has 1 fully saturated rings. The Labute approximate surface area is 122 Å². The molecular weight excluding hydrogens is 270 g/mol. The minimum absolute atomic E-state index is 0.00888. The zero-order valence-corrected chi connectivity index (χ0v) is 12.0. The van der Waals surface area contributed by atoms with Crippen LogP contribution in [0.4, 0.5) is 5.95 Å². The van der Waals surface area contributed by atoms with Crippen LogP contribution in [-0.2, 0) is 0 Å². The molecule has 0 bridgehead atoms. The molecule has 0 aliphatic carbocycles. The van der Waals surface area contributed by atoms with Crippen LogP contribution >= 0.6 is 0 Å². The lowest BCUT2D eigenvalue weighted by Crippen LogP contribution is -2.28. The van der Waals surface area contributed by atoms with Crippen molar-refractivity contribution < 1.29 is 4.74 Å². The van der Waals surface area contributed by atoms with E-state index in [0.717, 1.165) is 25.1 Å². The number of anilines is 1.